The van der Waals surface area contributed by atoms with Crippen LogP contribution in [0.3, 0.4) is 0 Å². The number of pyridine rings is 1. The Labute approximate surface area is 219 Å². The molecule has 8 heteroatoms. The number of anilines is 1. The zero-order valence-electron chi connectivity index (χ0n) is 21.3. The zero-order valence-corrected chi connectivity index (χ0v) is 21.3. The summed E-state index contributed by atoms with van der Waals surface area (Å²) in [6.45, 7) is 2.31. The summed E-state index contributed by atoms with van der Waals surface area (Å²) in [6, 6.07) is 20.5. The van der Waals surface area contributed by atoms with Crippen molar-refractivity contribution in [2.24, 2.45) is 0 Å². The second-order valence-electron chi connectivity index (χ2n) is 9.21. The van der Waals surface area contributed by atoms with E-state index in [0.717, 1.165) is 65.7 Å². The van der Waals surface area contributed by atoms with E-state index in [1.165, 1.54) is 6.07 Å². The molecule has 5 nitrogen and oxygen atoms in total. The molecule has 4 rings (SSSR count). The van der Waals surface area contributed by atoms with Gasteiger partial charge in [0.2, 0.25) is 0 Å². The van der Waals surface area contributed by atoms with Gasteiger partial charge in [-0.25, -0.2) is 4.79 Å². The number of carboxylic acids is 1. The number of ether oxygens (including phenoxy) is 1. The molecule has 4 aromatic rings. The Morgan fingerprint density at radius 1 is 0.974 bits per heavy atom. The van der Waals surface area contributed by atoms with Gasteiger partial charge < -0.3 is 14.7 Å². The number of carboxylic acid groups (broad SMARTS) is 1. The van der Waals surface area contributed by atoms with E-state index in [0.29, 0.717) is 17.0 Å². The number of carbonyl (C=O) groups is 1. The van der Waals surface area contributed by atoms with Gasteiger partial charge in [-0.15, -0.1) is 0 Å². The van der Waals surface area contributed by atoms with E-state index in [1.54, 1.807) is 18.2 Å². The fourth-order valence-corrected chi connectivity index (χ4v) is 4.51. The predicted octanol–water partition coefficient (Wildman–Crippen LogP) is 7.15. The highest BCUT2D eigenvalue weighted by molar-refractivity contribution is 5.98. The molecule has 0 unspecified atom stereocenters. The first-order chi connectivity index (χ1) is 18.1. The number of aromatic nitrogens is 1. The molecule has 0 bridgehead atoms. The van der Waals surface area contributed by atoms with Crippen LogP contribution in [0, 0.1) is 6.92 Å². The van der Waals surface area contributed by atoms with Crippen LogP contribution >= 0.6 is 0 Å². The molecule has 38 heavy (non-hydrogen) atoms. The van der Waals surface area contributed by atoms with Crippen molar-refractivity contribution in [1.29, 1.82) is 0 Å². The number of halogens is 3. The zero-order chi connectivity index (χ0) is 27.3. The maximum absolute atomic E-state index is 13.1. The fourth-order valence-electron chi connectivity index (χ4n) is 4.51. The van der Waals surface area contributed by atoms with Crippen LogP contribution in [-0.2, 0) is 17.4 Å². The van der Waals surface area contributed by atoms with Gasteiger partial charge in [-0.3, -0.25) is 4.98 Å². The van der Waals surface area contributed by atoms with E-state index in [9.17, 15) is 18.0 Å². The topological polar surface area (TPSA) is 62.7 Å². The molecule has 0 fully saturated rings. The van der Waals surface area contributed by atoms with E-state index in [-0.39, 0.29) is 0 Å². The Bertz CT molecular complexity index is 1440. The van der Waals surface area contributed by atoms with Gasteiger partial charge in [0.25, 0.3) is 0 Å². The number of hydrogen-bond donors (Lipinski definition) is 1. The van der Waals surface area contributed by atoms with Crippen molar-refractivity contribution in [3.63, 3.8) is 0 Å². The van der Waals surface area contributed by atoms with Gasteiger partial charge in [-0.05, 0) is 62.1 Å². The van der Waals surface area contributed by atoms with Crippen molar-refractivity contribution in [2.75, 3.05) is 25.1 Å². The lowest BCUT2D eigenvalue weighted by molar-refractivity contribution is -0.139. The van der Waals surface area contributed by atoms with Crippen LogP contribution in [0.4, 0.5) is 18.9 Å². The summed E-state index contributed by atoms with van der Waals surface area (Å²) >= 11 is 0. The molecule has 0 radical (unpaired) electrons. The highest BCUT2D eigenvalue weighted by atomic mass is 19.4. The molecule has 0 saturated carbocycles. The maximum Gasteiger partial charge on any atom is 0.416 e. The lowest BCUT2D eigenvalue weighted by Gasteiger charge is -2.22. The summed E-state index contributed by atoms with van der Waals surface area (Å²) < 4.78 is 44.7. The van der Waals surface area contributed by atoms with Gasteiger partial charge in [0.15, 0.2) is 6.61 Å². The van der Waals surface area contributed by atoms with E-state index >= 15 is 0 Å². The fraction of sp³-hybridized carbons (Fsp3) is 0.267. The van der Waals surface area contributed by atoms with Crippen LogP contribution in [-0.4, -0.2) is 36.3 Å². The van der Waals surface area contributed by atoms with Gasteiger partial charge in [0, 0.05) is 41.3 Å². The van der Waals surface area contributed by atoms with Crippen LogP contribution in [0.2, 0.25) is 0 Å². The molecular weight excluding hydrogens is 493 g/mol. The summed E-state index contributed by atoms with van der Waals surface area (Å²) in [7, 11) is 2.02. The second kappa shape index (κ2) is 11.5. The summed E-state index contributed by atoms with van der Waals surface area (Å²) in [6.07, 6.45) is -1.72. The third-order valence-corrected chi connectivity index (χ3v) is 6.49. The number of fused-ring (bicyclic) bond motifs is 1. The minimum atomic E-state index is -4.39. The molecule has 1 aromatic heterocycles. The number of nitrogens with zero attached hydrogens (tertiary/aromatic N) is 2. The van der Waals surface area contributed by atoms with Crippen molar-refractivity contribution in [2.45, 2.75) is 32.4 Å². The minimum Gasteiger partial charge on any atom is -0.481 e. The third-order valence-electron chi connectivity index (χ3n) is 6.49. The first-order valence-corrected chi connectivity index (χ1v) is 12.3. The molecular formula is C30H29F3N2O3. The van der Waals surface area contributed by atoms with Gasteiger partial charge in [-0.2, -0.15) is 13.2 Å². The number of benzene rings is 3. The van der Waals surface area contributed by atoms with Crippen LogP contribution in [0.25, 0.3) is 22.0 Å². The van der Waals surface area contributed by atoms with Crippen molar-refractivity contribution in [1.82, 2.24) is 4.98 Å². The highest BCUT2D eigenvalue weighted by Crippen LogP contribution is 2.34. The molecule has 3 aromatic carbocycles. The predicted molar refractivity (Wildman–Crippen MR) is 143 cm³/mol. The Kier molecular flexibility index (Phi) is 8.20. The van der Waals surface area contributed by atoms with Gasteiger partial charge in [0.1, 0.15) is 5.75 Å². The molecule has 0 aliphatic rings. The number of alkyl halides is 3. The van der Waals surface area contributed by atoms with Crippen molar-refractivity contribution < 1.29 is 27.8 Å². The van der Waals surface area contributed by atoms with Crippen LogP contribution in [0.5, 0.6) is 5.75 Å². The quantitative estimate of drug-likeness (QED) is 0.224. The molecule has 0 aliphatic carbocycles. The average Bonchev–Trinajstić information content (AvgIpc) is 2.89. The summed E-state index contributed by atoms with van der Waals surface area (Å²) in [5.74, 6) is -0.484. The molecule has 0 saturated heterocycles. The van der Waals surface area contributed by atoms with Crippen LogP contribution < -0.4 is 9.64 Å². The lowest BCUT2D eigenvalue weighted by atomic mass is 10.0. The van der Waals surface area contributed by atoms with E-state index < -0.39 is 24.3 Å². The van der Waals surface area contributed by atoms with Gasteiger partial charge in [-0.1, -0.05) is 42.5 Å². The lowest BCUT2D eigenvalue weighted by Crippen LogP contribution is -2.19. The molecule has 0 amide bonds. The first kappa shape index (κ1) is 27.0. The molecule has 0 atom stereocenters. The standard InChI is InChI=1S/C30H29F3N2O3/c1-20-21(13-14-26(34-20)22-9-7-10-23(18-22)30(31,32)33)8-5-6-17-35(2)27-15-16-28(38-19-29(36)37)25-12-4-3-11-24(25)27/h3-4,7,9-16,18H,5-6,8,17,19H2,1-2H3,(H,36,37). The second-order valence-corrected chi connectivity index (χ2v) is 9.21. The molecule has 198 valence electrons. The average molecular weight is 523 g/mol. The van der Waals surface area contributed by atoms with Gasteiger partial charge in [0.05, 0.1) is 11.3 Å². The Morgan fingerprint density at radius 3 is 2.45 bits per heavy atom. The van der Waals surface area contributed by atoms with Crippen molar-refractivity contribution in [3.05, 3.63) is 89.6 Å². The molecule has 1 heterocycles. The van der Waals surface area contributed by atoms with E-state index in [4.69, 9.17) is 9.84 Å². The van der Waals surface area contributed by atoms with Crippen LogP contribution in [0.1, 0.15) is 29.7 Å². The first-order valence-electron chi connectivity index (χ1n) is 12.3. The maximum atomic E-state index is 13.1. The highest BCUT2D eigenvalue weighted by Gasteiger charge is 2.30. The SMILES string of the molecule is Cc1nc(-c2cccc(C(F)(F)F)c2)ccc1CCCCN(C)c1ccc(OCC(=O)O)c2ccccc12. The number of rotatable bonds is 10. The molecule has 0 aliphatic heterocycles. The molecule has 0 spiro atoms. The third kappa shape index (κ3) is 6.43. The Balaban J connectivity index is 1.37. The summed E-state index contributed by atoms with van der Waals surface area (Å²) in [5.41, 5.74) is 3.22. The molecule has 1 N–H and O–H groups in total. The van der Waals surface area contributed by atoms with E-state index in [2.05, 4.69) is 9.88 Å². The van der Waals surface area contributed by atoms with Crippen molar-refractivity contribution in [3.8, 4) is 17.0 Å². The smallest absolute Gasteiger partial charge is 0.416 e. The Hall–Kier alpha value is -4.07. The summed E-state index contributed by atoms with van der Waals surface area (Å²) in [4.78, 5) is 17.6. The van der Waals surface area contributed by atoms with Gasteiger partial charge >= 0.3 is 12.1 Å². The largest absolute Gasteiger partial charge is 0.481 e. The normalized spacial score (nSPS) is 11.5. The number of unbranched alkanes of at least 4 members (excludes halogenated alkanes) is 1. The number of aryl methyl sites for hydroxylation is 2. The van der Waals surface area contributed by atoms with Crippen molar-refractivity contribution >= 4 is 22.4 Å². The van der Waals surface area contributed by atoms with Crippen LogP contribution in [0.15, 0.2) is 72.8 Å². The van der Waals surface area contributed by atoms with E-state index in [1.807, 2.05) is 50.4 Å². The minimum absolute atomic E-state index is 0.394. The monoisotopic (exact) mass is 522 g/mol. The Morgan fingerprint density at radius 2 is 1.74 bits per heavy atom. The summed E-state index contributed by atoms with van der Waals surface area (Å²) in [5, 5.41) is 10.8. The number of aliphatic carboxylic acids is 1. The number of hydrogen-bond acceptors (Lipinski definition) is 4.